The zero-order valence-electron chi connectivity index (χ0n) is 14.4. The summed E-state index contributed by atoms with van der Waals surface area (Å²) in [7, 11) is 0. The van der Waals surface area contributed by atoms with Crippen LogP contribution in [0, 0.1) is 13.8 Å². The van der Waals surface area contributed by atoms with Crippen LogP contribution in [0.2, 0.25) is 0 Å². The van der Waals surface area contributed by atoms with Gasteiger partial charge in [-0.15, -0.1) is 0 Å². The first-order valence-corrected chi connectivity index (χ1v) is 8.17. The number of aryl methyl sites for hydroxylation is 2. The van der Waals surface area contributed by atoms with Gasteiger partial charge in [-0.25, -0.2) is 9.97 Å². The second kappa shape index (κ2) is 7.61. The van der Waals surface area contributed by atoms with Crippen LogP contribution in [0.4, 0.5) is 5.82 Å². The van der Waals surface area contributed by atoms with Gasteiger partial charge in [-0.2, -0.15) is 0 Å². The Labute approximate surface area is 146 Å². The predicted octanol–water partition coefficient (Wildman–Crippen LogP) is 2.73. The fourth-order valence-electron chi connectivity index (χ4n) is 2.65. The Hall–Kier alpha value is -3.15. The highest BCUT2D eigenvalue weighted by Crippen LogP contribution is 2.10. The van der Waals surface area contributed by atoms with Crippen molar-refractivity contribution in [3.63, 3.8) is 0 Å². The summed E-state index contributed by atoms with van der Waals surface area (Å²) in [6.45, 7) is 5.07. The van der Waals surface area contributed by atoms with Crippen LogP contribution in [-0.4, -0.2) is 33.5 Å². The molecule has 1 aromatic carbocycles. The molecule has 3 aromatic rings. The Kier molecular flexibility index (Phi) is 5.09. The Morgan fingerprint density at radius 2 is 1.72 bits per heavy atom. The molecule has 0 radical (unpaired) electrons. The molecule has 2 aromatic heterocycles. The maximum absolute atomic E-state index is 12.2. The van der Waals surface area contributed by atoms with E-state index in [0.717, 1.165) is 22.8 Å². The lowest BCUT2D eigenvalue weighted by Crippen LogP contribution is -2.29. The number of amides is 1. The van der Waals surface area contributed by atoms with Crippen molar-refractivity contribution in [3.8, 4) is 5.82 Å². The summed E-state index contributed by atoms with van der Waals surface area (Å²) >= 11 is 0. The topological polar surface area (TPSA) is 71.8 Å². The highest BCUT2D eigenvalue weighted by molar-refractivity contribution is 5.94. The van der Waals surface area contributed by atoms with Crippen LogP contribution >= 0.6 is 0 Å². The first-order chi connectivity index (χ1) is 12.1. The molecule has 3 rings (SSSR count). The molecule has 0 unspecified atom stereocenters. The van der Waals surface area contributed by atoms with Gasteiger partial charge in [-0.3, -0.25) is 4.79 Å². The van der Waals surface area contributed by atoms with E-state index >= 15 is 0 Å². The highest BCUT2D eigenvalue weighted by atomic mass is 16.1. The largest absolute Gasteiger partial charge is 0.368 e. The summed E-state index contributed by atoms with van der Waals surface area (Å²) in [6, 6.07) is 11.6. The van der Waals surface area contributed by atoms with Gasteiger partial charge < -0.3 is 15.2 Å². The molecule has 0 aliphatic carbocycles. The lowest BCUT2D eigenvalue weighted by atomic mass is 10.1. The molecular formula is C19H21N5O. The third kappa shape index (κ3) is 4.44. The Balaban J connectivity index is 1.52. The van der Waals surface area contributed by atoms with E-state index in [9.17, 15) is 4.79 Å². The number of anilines is 1. The minimum Gasteiger partial charge on any atom is -0.368 e. The molecule has 2 N–H and O–H groups in total. The van der Waals surface area contributed by atoms with E-state index < -0.39 is 0 Å². The van der Waals surface area contributed by atoms with Crippen molar-refractivity contribution in [2.75, 3.05) is 18.4 Å². The van der Waals surface area contributed by atoms with Gasteiger partial charge in [-0.05, 0) is 38.1 Å². The molecule has 0 atom stereocenters. The molecule has 0 spiro atoms. The first-order valence-electron chi connectivity index (χ1n) is 8.17. The highest BCUT2D eigenvalue weighted by Gasteiger charge is 2.06. The van der Waals surface area contributed by atoms with Crippen LogP contribution in [0.1, 0.15) is 21.5 Å². The summed E-state index contributed by atoms with van der Waals surface area (Å²) in [5.41, 5.74) is 2.86. The number of carbonyl (C=O) groups is 1. The van der Waals surface area contributed by atoms with Gasteiger partial charge in [0.25, 0.3) is 5.91 Å². The molecular weight excluding hydrogens is 314 g/mol. The van der Waals surface area contributed by atoms with Gasteiger partial charge in [0.15, 0.2) is 0 Å². The lowest BCUT2D eigenvalue weighted by molar-refractivity contribution is 0.0955. The SMILES string of the molecule is Cc1cc(C)cc(C(=O)NCCNc2cc(-n3cccc3)ncn2)c1. The number of hydrogen-bond acceptors (Lipinski definition) is 4. The maximum Gasteiger partial charge on any atom is 0.251 e. The van der Waals surface area contributed by atoms with Crippen molar-refractivity contribution < 1.29 is 4.79 Å². The summed E-state index contributed by atoms with van der Waals surface area (Å²) in [5, 5.41) is 6.11. The van der Waals surface area contributed by atoms with Crippen LogP contribution in [0.15, 0.2) is 55.1 Å². The molecule has 0 bridgehead atoms. The minimum absolute atomic E-state index is 0.0654. The number of nitrogens with zero attached hydrogens (tertiary/aromatic N) is 3. The van der Waals surface area contributed by atoms with Gasteiger partial charge in [0.05, 0.1) is 0 Å². The molecule has 2 heterocycles. The van der Waals surface area contributed by atoms with Gasteiger partial charge in [0.1, 0.15) is 18.0 Å². The quantitative estimate of drug-likeness (QED) is 0.680. The second-order valence-electron chi connectivity index (χ2n) is 5.91. The normalized spacial score (nSPS) is 10.5. The maximum atomic E-state index is 12.2. The van der Waals surface area contributed by atoms with Crippen LogP contribution in [-0.2, 0) is 0 Å². The first kappa shape index (κ1) is 16.7. The van der Waals surface area contributed by atoms with Crippen molar-refractivity contribution in [3.05, 3.63) is 71.8 Å². The van der Waals surface area contributed by atoms with E-state index in [2.05, 4.69) is 26.7 Å². The lowest BCUT2D eigenvalue weighted by Gasteiger charge is -2.09. The average Bonchev–Trinajstić information content (AvgIpc) is 3.12. The van der Waals surface area contributed by atoms with Crippen molar-refractivity contribution in [1.29, 1.82) is 0 Å². The molecule has 0 fully saturated rings. The molecule has 0 aliphatic heterocycles. The molecule has 1 amide bonds. The fraction of sp³-hybridized carbons (Fsp3) is 0.211. The zero-order valence-corrected chi connectivity index (χ0v) is 14.4. The molecule has 25 heavy (non-hydrogen) atoms. The van der Waals surface area contributed by atoms with Crippen molar-refractivity contribution in [2.45, 2.75) is 13.8 Å². The van der Waals surface area contributed by atoms with Crippen LogP contribution in [0.25, 0.3) is 5.82 Å². The summed E-state index contributed by atoms with van der Waals surface area (Å²) in [4.78, 5) is 20.6. The van der Waals surface area contributed by atoms with Crippen LogP contribution in [0.5, 0.6) is 0 Å². The van der Waals surface area contributed by atoms with Gasteiger partial charge in [-0.1, -0.05) is 17.2 Å². The molecule has 0 aliphatic rings. The number of nitrogens with one attached hydrogen (secondary N) is 2. The van der Waals surface area contributed by atoms with E-state index in [0.29, 0.717) is 18.7 Å². The Morgan fingerprint density at radius 3 is 2.44 bits per heavy atom. The molecule has 128 valence electrons. The number of rotatable bonds is 6. The van der Waals surface area contributed by atoms with Crippen LogP contribution < -0.4 is 10.6 Å². The standard InChI is InChI=1S/C19H21N5O/c1-14-9-15(2)11-16(10-14)19(25)21-6-5-20-17-12-18(23-13-22-17)24-7-3-4-8-24/h3-4,7-13H,5-6H2,1-2H3,(H,21,25)(H,20,22,23). The van der Waals surface area contributed by atoms with Crippen LogP contribution in [0.3, 0.4) is 0 Å². The smallest absolute Gasteiger partial charge is 0.251 e. The van der Waals surface area contributed by atoms with E-state index in [4.69, 9.17) is 0 Å². The fourth-order valence-corrected chi connectivity index (χ4v) is 2.65. The van der Waals surface area contributed by atoms with E-state index in [-0.39, 0.29) is 5.91 Å². The Bertz CT molecular complexity index is 838. The monoisotopic (exact) mass is 335 g/mol. The summed E-state index contributed by atoms with van der Waals surface area (Å²) < 4.78 is 1.91. The third-order valence-electron chi connectivity index (χ3n) is 3.72. The summed E-state index contributed by atoms with van der Waals surface area (Å²) in [5.74, 6) is 1.45. The number of aromatic nitrogens is 3. The zero-order chi connectivity index (χ0) is 17.6. The van der Waals surface area contributed by atoms with Gasteiger partial charge in [0.2, 0.25) is 0 Å². The molecule has 6 nitrogen and oxygen atoms in total. The minimum atomic E-state index is -0.0654. The predicted molar refractivity (Wildman–Crippen MR) is 98.1 cm³/mol. The number of carbonyl (C=O) groups excluding carboxylic acids is 1. The third-order valence-corrected chi connectivity index (χ3v) is 3.72. The molecule has 0 saturated carbocycles. The average molecular weight is 335 g/mol. The second-order valence-corrected chi connectivity index (χ2v) is 5.91. The molecule has 6 heteroatoms. The van der Waals surface area contributed by atoms with Crippen molar-refractivity contribution in [1.82, 2.24) is 19.9 Å². The van der Waals surface area contributed by atoms with Crippen molar-refractivity contribution >= 4 is 11.7 Å². The number of hydrogen-bond donors (Lipinski definition) is 2. The Morgan fingerprint density at radius 1 is 1.00 bits per heavy atom. The van der Waals surface area contributed by atoms with Gasteiger partial charge >= 0.3 is 0 Å². The van der Waals surface area contributed by atoms with E-state index in [1.54, 1.807) is 0 Å². The van der Waals surface area contributed by atoms with Crippen molar-refractivity contribution in [2.24, 2.45) is 0 Å². The van der Waals surface area contributed by atoms with Gasteiger partial charge in [0, 0.05) is 37.1 Å². The molecule has 0 saturated heterocycles. The van der Waals surface area contributed by atoms with E-state index in [1.165, 1.54) is 6.33 Å². The number of benzene rings is 1. The summed E-state index contributed by atoms with van der Waals surface area (Å²) in [6.07, 6.45) is 5.37. The van der Waals surface area contributed by atoms with E-state index in [1.807, 2.05) is 61.1 Å².